The summed E-state index contributed by atoms with van der Waals surface area (Å²) in [7, 11) is -3.74. The Morgan fingerprint density at radius 1 is 1.41 bits per heavy atom. The second-order valence-corrected chi connectivity index (χ2v) is 7.42. The monoisotopic (exact) mass is 327 g/mol. The largest absolute Gasteiger partial charge is 0.316 e. The van der Waals surface area contributed by atoms with E-state index in [0.29, 0.717) is 23.6 Å². The number of hydrogen-bond donors (Lipinski definition) is 2. The third-order valence-electron chi connectivity index (χ3n) is 4.11. The zero-order valence-corrected chi connectivity index (χ0v) is 13.6. The van der Waals surface area contributed by atoms with Gasteiger partial charge in [0.15, 0.2) is 0 Å². The standard InChI is InChI=1S/C14H21N3O4S/c1-10-7-13(17(18)19)8-14(11(10)2)22(20,21)16-6-4-12-3-5-15-9-12/h7-8,12,15-16H,3-6,9H2,1-2H3. The Morgan fingerprint density at radius 2 is 2.14 bits per heavy atom. The molecule has 0 bridgehead atoms. The van der Waals surface area contributed by atoms with Gasteiger partial charge in [0.1, 0.15) is 0 Å². The first-order chi connectivity index (χ1) is 10.3. The summed E-state index contributed by atoms with van der Waals surface area (Å²) in [5.41, 5.74) is 0.929. The third kappa shape index (κ3) is 3.82. The maximum atomic E-state index is 12.4. The number of nitrogens with one attached hydrogen (secondary N) is 2. The molecule has 1 aromatic rings. The first kappa shape index (κ1) is 16.9. The molecule has 1 aliphatic heterocycles. The van der Waals surface area contributed by atoms with Gasteiger partial charge in [-0.3, -0.25) is 10.1 Å². The van der Waals surface area contributed by atoms with E-state index in [1.54, 1.807) is 13.8 Å². The lowest BCUT2D eigenvalue weighted by atomic mass is 10.1. The summed E-state index contributed by atoms with van der Waals surface area (Å²) in [6.45, 7) is 5.56. The molecule has 0 saturated carbocycles. The van der Waals surface area contributed by atoms with E-state index in [0.717, 1.165) is 32.0 Å². The average Bonchev–Trinajstić information content (AvgIpc) is 2.94. The van der Waals surface area contributed by atoms with Crippen molar-refractivity contribution in [3.05, 3.63) is 33.4 Å². The highest BCUT2D eigenvalue weighted by molar-refractivity contribution is 7.89. The van der Waals surface area contributed by atoms with E-state index in [-0.39, 0.29) is 10.6 Å². The van der Waals surface area contributed by atoms with E-state index in [4.69, 9.17) is 0 Å². The predicted octanol–water partition coefficient (Wildman–Crippen LogP) is 1.49. The minimum atomic E-state index is -3.74. The first-order valence-corrected chi connectivity index (χ1v) is 8.75. The number of sulfonamides is 1. The number of nitrogens with zero attached hydrogens (tertiary/aromatic N) is 1. The zero-order valence-electron chi connectivity index (χ0n) is 12.8. The Hall–Kier alpha value is -1.51. The van der Waals surface area contributed by atoms with Gasteiger partial charge in [-0.1, -0.05) is 0 Å². The van der Waals surface area contributed by atoms with E-state index in [9.17, 15) is 18.5 Å². The fraction of sp³-hybridized carbons (Fsp3) is 0.571. The number of nitro groups is 1. The number of hydrogen-bond acceptors (Lipinski definition) is 5. The lowest BCUT2D eigenvalue weighted by Crippen LogP contribution is -2.27. The van der Waals surface area contributed by atoms with Gasteiger partial charge < -0.3 is 5.32 Å². The number of aryl methyl sites for hydroxylation is 1. The van der Waals surface area contributed by atoms with Crippen LogP contribution in [0, 0.1) is 29.9 Å². The van der Waals surface area contributed by atoms with E-state index < -0.39 is 14.9 Å². The smallest absolute Gasteiger partial charge is 0.271 e. The lowest BCUT2D eigenvalue weighted by molar-refractivity contribution is -0.385. The summed E-state index contributed by atoms with van der Waals surface area (Å²) >= 11 is 0. The van der Waals surface area contributed by atoms with Crippen LogP contribution in [0.3, 0.4) is 0 Å². The molecular weight excluding hydrogens is 306 g/mol. The summed E-state index contributed by atoms with van der Waals surface area (Å²) in [5.74, 6) is 0.482. The van der Waals surface area contributed by atoms with Crippen LogP contribution in [0.1, 0.15) is 24.0 Å². The molecule has 122 valence electrons. The Kier molecular flexibility index (Phi) is 5.15. The molecule has 2 N–H and O–H groups in total. The minimum Gasteiger partial charge on any atom is -0.316 e. The van der Waals surface area contributed by atoms with Crippen LogP contribution in [0.2, 0.25) is 0 Å². The van der Waals surface area contributed by atoms with Gasteiger partial charge in [-0.05, 0) is 56.8 Å². The maximum Gasteiger partial charge on any atom is 0.271 e. The van der Waals surface area contributed by atoms with Gasteiger partial charge in [-0.2, -0.15) is 0 Å². The van der Waals surface area contributed by atoms with Crippen molar-refractivity contribution in [2.75, 3.05) is 19.6 Å². The van der Waals surface area contributed by atoms with Crippen molar-refractivity contribution in [2.24, 2.45) is 5.92 Å². The predicted molar refractivity (Wildman–Crippen MR) is 83.4 cm³/mol. The molecule has 0 radical (unpaired) electrons. The van der Waals surface area contributed by atoms with Crippen molar-refractivity contribution in [2.45, 2.75) is 31.6 Å². The Labute approximate surface area is 130 Å². The molecule has 0 spiro atoms. The molecule has 1 aromatic carbocycles. The van der Waals surface area contributed by atoms with Gasteiger partial charge in [0.25, 0.3) is 5.69 Å². The maximum absolute atomic E-state index is 12.4. The molecule has 1 heterocycles. The van der Waals surface area contributed by atoms with E-state index in [2.05, 4.69) is 10.0 Å². The minimum absolute atomic E-state index is 0.0104. The molecule has 1 aliphatic rings. The first-order valence-electron chi connectivity index (χ1n) is 7.27. The summed E-state index contributed by atoms with van der Waals surface area (Å²) in [6, 6.07) is 2.51. The van der Waals surface area contributed by atoms with Gasteiger partial charge in [0, 0.05) is 18.7 Å². The second-order valence-electron chi connectivity index (χ2n) is 5.69. The van der Waals surface area contributed by atoms with Crippen LogP contribution in [-0.4, -0.2) is 33.0 Å². The van der Waals surface area contributed by atoms with Crippen LogP contribution in [0.4, 0.5) is 5.69 Å². The summed E-state index contributed by atoms with van der Waals surface area (Å²) < 4.78 is 27.4. The van der Waals surface area contributed by atoms with Crippen LogP contribution in [0.25, 0.3) is 0 Å². The summed E-state index contributed by atoms with van der Waals surface area (Å²) in [5, 5.41) is 14.2. The molecule has 0 aromatic heterocycles. The van der Waals surface area contributed by atoms with E-state index in [1.165, 1.54) is 6.07 Å². The third-order valence-corrected chi connectivity index (χ3v) is 5.70. The van der Waals surface area contributed by atoms with Gasteiger partial charge >= 0.3 is 0 Å². The van der Waals surface area contributed by atoms with Crippen LogP contribution >= 0.6 is 0 Å². The highest BCUT2D eigenvalue weighted by atomic mass is 32.2. The molecule has 2 rings (SSSR count). The number of nitro benzene ring substituents is 1. The van der Waals surface area contributed by atoms with Crippen LogP contribution in [-0.2, 0) is 10.0 Å². The van der Waals surface area contributed by atoms with Crippen molar-refractivity contribution in [1.29, 1.82) is 0 Å². The molecule has 7 nitrogen and oxygen atoms in total. The average molecular weight is 327 g/mol. The van der Waals surface area contributed by atoms with Gasteiger partial charge in [0.05, 0.1) is 9.82 Å². The Bertz CT molecular complexity index is 667. The molecule has 0 amide bonds. The fourth-order valence-electron chi connectivity index (χ4n) is 2.63. The van der Waals surface area contributed by atoms with Crippen molar-refractivity contribution in [1.82, 2.24) is 10.0 Å². The zero-order chi connectivity index (χ0) is 16.3. The Balaban J connectivity index is 2.15. The normalized spacial score (nSPS) is 18.5. The van der Waals surface area contributed by atoms with E-state index in [1.807, 2.05) is 0 Å². The number of benzene rings is 1. The topological polar surface area (TPSA) is 101 Å². The Morgan fingerprint density at radius 3 is 2.73 bits per heavy atom. The van der Waals surface area contributed by atoms with Crippen molar-refractivity contribution in [3.8, 4) is 0 Å². The number of rotatable bonds is 6. The van der Waals surface area contributed by atoms with Gasteiger partial charge in [-0.15, -0.1) is 0 Å². The lowest BCUT2D eigenvalue weighted by Gasteiger charge is -2.13. The molecule has 1 unspecified atom stereocenters. The molecule has 22 heavy (non-hydrogen) atoms. The van der Waals surface area contributed by atoms with Gasteiger partial charge in [0.2, 0.25) is 10.0 Å². The van der Waals surface area contributed by atoms with Crippen LogP contribution < -0.4 is 10.0 Å². The molecule has 1 saturated heterocycles. The molecule has 1 atom stereocenters. The fourth-order valence-corrected chi connectivity index (χ4v) is 4.01. The molecule has 8 heteroatoms. The van der Waals surface area contributed by atoms with Gasteiger partial charge in [-0.25, -0.2) is 13.1 Å². The highest BCUT2D eigenvalue weighted by Crippen LogP contribution is 2.25. The van der Waals surface area contributed by atoms with Crippen molar-refractivity contribution >= 4 is 15.7 Å². The van der Waals surface area contributed by atoms with E-state index >= 15 is 0 Å². The SMILES string of the molecule is Cc1cc([N+](=O)[O-])cc(S(=O)(=O)NCCC2CCNC2)c1C. The highest BCUT2D eigenvalue weighted by Gasteiger charge is 2.23. The quantitative estimate of drug-likeness (QED) is 0.609. The van der Waals surface area contributed by atoms with Crippen molar-refractivity contribution < 1.29 is 13.3 Å². The molecule has 1 fully saturated rings. The second kappa shape index (κ2) is 6.72. The van der Waals surface area contributed by atoms with Crippen molar-refractivity contribution in [3.63, 3.8) is 0 Å². The van der Waals surface area contributed by atoms with Crippen LogP contribution in [0.15, 0.2) is 17.0 Å². The summed E-state index contributed by atoms with van der Waals surface area (Å²) in [4.78, 5) is 10.3. The van der Waals surface area contributed by atoms with Crippen LogP contribution in [0.5, 0.6) is 0 Å². The summed E-state index contributed by atoms with van der Waals surface area (Å²) in [6.07, 6.45) is 1.82. The molecular formula is C14H21N3O4S. The molecule has 0 aliphatic carbocycles. The number of non-ortho nitro benzene ring substituents is 1.